The van der Waals surface area contributed by atoms with Crippen LogP contribution in [0.4, 0.5) is 0 Å². The van der Waals surface area contributed by atoms with Crippen molar-refractivity contribution in [3.63, 3.8) is 0 Å². The van der Waals surface area contributed by atoms with Gasteiger partial charge in [-0.2, -0.15) is 0 Å². The predicted molar refractivity (Wildman–Crippen MR) is 207 cm³/mol. The first kappa shape index (κ1) is 29.4. The summed E-state index contributed by atoms with van der Waals surface area (Å²) in [7, 11) is 0. The highest BCUT2D eigenvalue weighted by atomic mass is 15.0. The highest BCUT2D eigenvalue weighted by Gasteiger charge is 2.18. The molecule has 0 radical (unpaired) electrons. The first-order chi connectivity index (χ1) is 24.8. The van der Waals surface area contributed by atoms with E-state index in [0.29, 0.717) is 17.5 Å². The summed E-state index contributed by atoms with van der Waals surface area (Å²) in [4.78, 5) is 15.8. The third-order valence-electron chi connectivity index (χ3n) is 9.32. The van der Waals surface area contributed by atoms with E-state index >= 15 is 0 Å². The maximum absolute atomic E-state index is 5.28. The second-order valence-corrected chi connectivity index (χ2v) is 12.4. The second-order valence-electron chi connectivity index (χ2n) is 12.4. The van der Waals surface area contributed by atoms with Crippen molar-refractivity contribution < 1.29 is 0 Å². The lowest BCUT2D eigenvalue weighted by Gasteiger charge is -2.15. The summed E-state index contributed by atoms with van der Waals surface area (Å²) in [5.41, 5.74) is 9.71. The van der Waals surface area contributed by atoms with Gasteiger partial charge in [-0.05, 0) is 79.2 Å². The molecule has 0 aliphatic heterocycles. The molecule has 9 aromatic rings. The molecule has 0 spiro atoms. The number of rotatable bonds is 6. The number of aromatic nitrogens is 3. The van der Waals surface area contributed by atoms with Gasteiger partial charge < -0.3 is 0 Å². The molecule has 0 bridgehead atoms. The summed E-state index contributed by atoms with van der Waals surface area (Å²) in [6.07, 6.45) is 0. The Morgan fingerprint density at radius 1 is 0.240 bits per heavy atom. The molecule has 0 fully saturated rings. The summed E-state index contributed by atoms with van der Waals surface area (Å²) in [6.45, 7) is 0. The van der Waals surface area contributed by atoms with Crippen LogP contribution in [-0.4, -0.2) is 15.0 Å². The number of fused-ring (bicyclic) bond motifs is 2. The molecule has 3 nitrogen and oxygen atoms in total. The average molecular weight is 638 g/mol. The third-order valence-corrected chi connectivity index (χ3v) is 9.32. The smallest absolute Gasteiger partial charge is 0.164 e. The lowest BCUT2D eigenvalue weighted by molar-refractivity contribution is 1.08. The van der Waals surface area contributed by atoms with Crippen LogP contribution >= 0.6 is 0 Å². The summed E-state index contributed by atoms with van der Waals surface area (Å²) < 4.78 is 0. The Balaban J connectivity index is 1.31. The van der Waals surface area contributed by atoms with Gasteiger partial charge in [0.25, 0.3) is 0 Å². The van der Waals surface area contributed by atoms with Crippen LogP contribution in [0.15, 0.2) is 188 Å². The van der Waals surface area contributed by atoms with Gasteiger partial charge >= 0.3 is 0 Å². The Morgan fingerprint density at radius 3 is 1.28 bits per heavy atom. The summed E-state index contributed by atoms with van der Waals surface area (Å²) in [6, 6.07) is 65.8. The zero-order chi connectivity index (χ0) is 33.3. The molecule has 0 aliphatic rings. The van der Waals surface area contributed by atoms with Crippen molar-refractivity contribution >= 4 is 21.5 Å². The van der Waals surface area contributed by atoms with Gasteiger partial charge in [-0.15, -0.1) is 0 Å². The molecule has 0 saturated carbocycles. The fourth-order valence-electron chi connectivity index (χ4n) is 6.88. The highest BCUT2D eigenvalue weighted by Crippen LogP contribution is 2.38. The molecular weight excluding hydrogens is 607 g/mol. The first-order valence-electron chi connectivity index (χ1n) is 16.9. The first-order valence-corrected chi connectivity index (χ1v) is 16.9. The Kier molecular flexibility index (Phi) is 7.49. The SMILES string of the molecule is c1ccc(-c2cc(-c3ccccc3)cc(-c3nc(-c4cccc5ccccc45)nc(-c4ccc(-c5ccccc5)c5ccccc45)n3)c2)cc1. The molecule has 0 unspecified atom stereocenters. The minimum atomic E-state index is 0.629. The molecule has 234 valence electrons. The van der Waals surface area contributed by atoms with Crippen LogP contribution < -0.4 is 0 Å². The van der Waals surface area contributed by atoms with Crippen molar-refractivity contribution in [3.05, 3.63) is 188 Å². The van der Waals surface area contributed by atoms with Gasteiger partial charge in [-0.25, -0.2) is 15.0 Å². The van der Waals surface area contributed by atoms with Gasteiger partial charge in [-0.3, -0.25) is 0 Å². The fraction of sp³-hybridized carbons (Fsp3) is 0. The molecule has 3 heteroatoms. The highest BCUT2D eigenvalue weighted by molar-refractivity contribution is 6.04. The van der Waals surface area contributed by atoms with E-state index in [0.717, 1.165) is 60.5 Å². The molecule has 0 N–H and O–H groups in total. The van der Waals surface area contributed by atoms with E-state index in [4.69, 9.17) is 15.0 Å². The topological polar surface area (TPSA) is 38.7 Å². The molecule has 0 saturated heterocycles. The van der Waals surface area contributed by atoms with Gasteiger partial charge in [0.2, 0.25) is 0 Å². The Bertz CT molecular complexity index is 2570. The molecule has 1 heterocycles. The van der Waals surface area contributed by atoms with E-state index in [1.54, 1.807) is 0 Å². The van der Waals surface area contributed by atoms with Crippen LogP contribution in [0.5, 0.6) is 0 Å². The Labute approximate surface area is 291 Å². The van der Waals surface area contributed by atoms with Crippen LogP contribution in [0.3, 0.4) is 0 Å². The quantitative estimate of drug-likeness (QED) is 0.182. The van der Waals surface area contributed by atoms with Crippen LogP contribution in [0, 0.1) is 0 Å². The van der Waals surface area contributed by atoms with Gasteiger partial charge in [0, 0.05) is 16.7 Å². The van der Waals surface area contributed by atoms with Crippen molar-refractivity contribution in [2.24, 2.45) is 0 Å². The lowest BCUT2D eigenvalue weighted by atomic mass is 9.94. The minimum absolute atomic E-state index is 0.629. The van der Waals surface area contributed by atoms with Crippen molar-refractivity contribution in [2.75, 3.05) is 0 Å². The van der Waals surface area contributed by atoms with Crippen LogP contribution in [0.25, 0.3) is 89.1 Å². The Hall–Kier alpha value is -6.71. The minimum Gasteiger partial charge on any atom is -0.208 e. The van der Waals surface area contributed by atoms with Crippen LogP contribution in [0.2, 0.25) is 0 Å². The number of nitrogens with zero attached hydrogens (tertiary/aromatic N) is 3. The number of hydrogen-bond donors (Lipinski definition) is 0. The molecule has 0 atom stereocenters. The van der Waals surface area contributed by atoms with E-state index in [1.807, 2.05) is 12.1 Å². The van der Waals surface area contributed by atoms with Gasteiger partial charge in [0.05, 0.1) is 0 Å². The van der Waals surface area contributed by atoms with Crippen molar-refractivity contribution in [2.45, 2.75) is 0 Å². The molecule has 8 aromatic carbocycles. The molecular formula is C47H31N3. The number of hydrogen-bond acceptors (Lipinski definition) is 3. The zero-order valence-corrected chi connectivity index (χ0v) is 27.2. The number of benzene rings is 8. The predicted octanol–water partition coefficient (Wildman–Crippen LogP) is 12.2. The normalized spacial score (nSPS) is 11.2. The monoisotopic (exact) mass is 637 g/mol. The van der Waals surface area contributed by atoms with Crippen molar-refractivity contribution in [3.8, 4) is 67.5 Å². The maximum atomic E-state index is 5.28. The van der Waals surface area contributed by atoms with E-state index in [2.05, 4.69) is 176 Å². The van der Waals surface area contributed by atoms with Crippen LogP contribution in [0.1, 0.15) is 0 Å². The molecule has 9 rings (SSSR count). The molecule has 50 heavy (non-hydrogen) atoms. The summed E-state index contributed by atoms with van der Waals surface area (Å²) >= 11 is 0. The summed E-state index contributed by atoms with van der Waals surface area (Å²) in [5, 5.41) is 4.49. The largest absolute Gasteiger partial charge is 0.208 e. The molecule has 0 amide bonds. The standard InChI is InChI=1S/C47H31N3/c1-4-15-32(16-5-1)36-29-37(33-17-6-2-7-18-33)31-38(30-36)45-48-46(43-26-14-22-35-21-10-11-23-39(35)43)50-47(49-45)44-28-27-40(34-19-8-3-9-20-34)41-24-12-13-25-42(41)44/h1-31H. The van der Waals surface area contributed by atoms with Crippen molar-refractivity contribution in [1.82, 2.24) is 15.0 Å². The average Bonchev–Trinajstić information content (AvgIpc) is 3.21. The van der Waals surface area contributed by atoms with Gasteiger partial charge in [0.1, 0.15) is 0 Å². The fourth-order valence-corrected chi connectivity index (χ4v) is 6.88. The van der Waals surface area contributed by atoms with Gasteiger partial charge in [-0.1, -0.05) is 164 Å². The maximum Gasteiger partial charge on any atom is 0.164 e. The molecule has 1 aromatic heterocycles. The van der Waals surface area contributed by atoms with E-state index in [-0.39, 0.29) is 0 Å². The van der Waals surface area contributed by atoms with E-state index in [9.17, 15) is 0 Å². The second kappa shape index (κ2) is 12.7. The summed E-state index contributed by atoms with van der Waals surface area (Å²) in [5.74, 6) is 1.91. The third kappa shape index (κ3) is 5.51. The zero-order valence-electron chi connectivity index (χ0n) is 27.2. The lowest BCUT2D eigenvalue weighted by Crippen LogP contribution is -2.01. The van der Waals surface area contributed by atoms with Gasteiger partial charge in [0.15, 0.2) is 17.5 Å². The van der Waals surface area contributed by atoms with E-state index < -0.39 is 0 Å². The Morgan fingerprint density at radius 2 is 0.660 bits per heavy atom. The van der Waals surface area contributed by atoms with Crippen molar-refractivity contribution in [1.29, 1.82) is 0 Å². The van der Waals surface area contributed by atoms with Crippen LogP contribution in [-0.2, 0) is 0 Å². The molecule has 0 aliphatic carbocycles. The van der Waals surface area contributed by atoms with E-state index in [1.165, 1.54) is 11.1 Å².